The molecule has 0 saturated carbocycles. The molecule has 206 valence electrons. The molecular formula is C40H23NOS2. The van der Waals surface area contributed by atoms with Crippen molar-refractivity contribution in [1.29, 1.82) is 0 Å². The first-order valence-corrected chi connectivity index (χ1v) is 16.4. The number of thiophene rings is 2. The molecule has 3 heterocycles. The van der Waals surface area contributed by atoms with Crippen LogP contribution < -0.4 is 4.90 Å². The Hall–Kier alpha value is -5.16. The Morgan fingerprint density at radius 2 is 1.00 bits per heavy atom. The molecule has 0 aliphatic rings. The fourth-order valence-corrected chi connectivity index (χ4v) is 9.09. The van der Waals surface area contributed by atoms with Crippen LogP contribution in [0.3, 0.4) is 0 Å². The van der Waals surface area contributed by atoms with E-state index >= 15 is 0 Å². The zero-order valence-electron chi connectivity index (χ0n) is 23.5. The SMILES string of the molecule is c1ccc2c(c1)oc1ccc(N(c3ccc4c(ccc5sc6ccccc6c54)c3)c3ccc4c(c3)sc3ccccc34)cc12. The summed E-state index contributed by atoms with van der Waals surface area (Å²) in [5, 5.41) is 10.1. The summed E-state index contributed by atoms with van der Waals surface area (Å²) >= 11 is 3.72. The van der Waals surface area contributed by atoms with Gasteiger partial charge in [-0.05, 0) is 77.5 Å². The van der Waals surface area contributed by atoms with Crippen molar-refractivity contribution >= 4 is 113 Å². The number of benzene rings is 7. The first kappa shape index (κ1) is 24.3. The standard InChI is InChI=1S/C40H23NOS2/c1-4-10-34-29(7-1)33-22-26(16-19-35(33)42-34)41(27-15-18-31-30-8-2-5-11-36(30)44-39(31)23-27)25-14-17-28-24(21-25)13-20-38-40(28)32-9-3-6-12-37(32)43-38/h1-23H. The highest BCUT2D eigenvalue weighted by Crippen LogP contribution is 2.44. The number of rotatable bonds is 3. The minimum absolute atomic E-state index is 0.903. The Morgan fingerprint density at radius 3 is 1.89 bits per heavy atom. The van der Waals surface area contributed by atoms with Crippen molar-refractivity contribution in [3.8, 4) is 0 Å². The largest absolute Gasteiger partial charge is 0.456 e. The maximum atomic E-state index is 6.20. The first-order valence-electron chi connectivity index (χ1n) is 14.8. The summed E-state index contributed by atoms with van der Waals surface area (Å²) in [5.41, 5.74) is 5.18. The number of anilines is 3. The molecule has 0 amide bonds. The number of hydrogen-bond acceptors (Lipinski definition) is 4. The molecule has 4 heteroatoms. The van der Waals surface area contributed by atoms with Gasteiger partial charge in [-0.15, -0.1) is 22.7 Å². The monoisotopic (exact) mass is 597 g/mol. The van der Waals surface area contributed by atoms with Crippen LogP contribution in [0.1, 0.15) is 0 Å². The maximum absolute atomic E-state index is 6.20. The summed E-state index contributed by atoms with van der Waals surface area (Å²) in [5.74, 6) is 0. The molecule has 0 radical (unpaired) electrons. The molecule has 0 aliphatic carbocycles. The van der Waals surface area contributed by atoms with E-state index < -0.39 is 0 Å². The molecule has 0 unspecified atom stereocenters. The predicted molar refractivity (Wildman–Crippen MR) is 192 cm³/mol. The van der Waals surface area contributed by atoms with Crippen LogP contribution in [-0.2, 0) is 0 Å². The van der Waals surface area contributed by atoms with Crippen LogP contribution in [0.5, 0.6) is 0 Å². The number of furan rings is 1. The van der Waals surface area contributed by atoms with Gasteiger partial charge in [0.1, 0.15) is 11.2 Å². The van der Waals surface area contributed by atoms with Crippen molar-refractivity contribution in [2.75, 3.05) is 4.90 Å². The molecule has 0 fully saturated rings. The smallest absolute Gasteiger partial charge is 0.135 e. The molecule has 3 aromatic heterocycles. The van der Waals surface area contributed by atoms with Gasteiger partial charge in [0.2, 0.25) is 0 Å². The van der Waals surface area contributed by atoms with E-state index in [4.69, 9.17) is 4.42 Å². The van der Waals surface area contributed by atoms with Crippen molar-refractivity contribution in [3.63, 3.8) is 0 Å². The van der Waals surface area contributed by atoms with Crippen molar-refractivity contribution in [2.24, 2.45) is 0 Å². The first-order chi connectivity index (χ1) is 21.8. The molecule has 0 aliphatic heterocycles. The Morgan fingerprint density at radius 1 is 0.386 bits per heavy atom. The fraction of sp³-hybridized carbons (Fsp3) is 0. The minimum Gasteiger partial charge on any atom is -0.456 e. The van der Waals surface area contributed by atoms with E-state index in [9.17, 15) is 0 Å². The predicted octanol–water partition coefficient (Wildman–Crippen LogP) is 12.9. The maximum Gasteiger partial charge on any atom is 0.135 e. The van der Waals surface area contributed by atoms with Crippen LogP contribution in [0.2, 0.25) is 0 Å². The van der Waals surface area contributed by atoms with E-state index in [-0.39, 0.29) is 0 Å². The van der Waals surface area contributed by atoms with Crippen LogP contribution in [0.4, 0.5) is 17.1 Å². The zero-order chi connectivity index (χ0) is 28.8. The second-order valence-electron chi connectivity index (χ2n) is 11.3. The highest BCUT2D eigenvalue weighted by molar-refractivity contribution is 7.26. The Bertz CT molecular complexity index is 2750. The van der Waals surface area contributed by atoms with Crippen molar-refractivity contribution in [3.05, 3.63) is 140 Å². The van der Waals surface area contributed by atoms with Gasteiger partial charge in [-0.25, -0.2) is 0 Å². The second kappa shape index (κ2) is 9.17. The average molecular weight is 598 g/mol. The topological polar surface area (TPSA) is 16.4 Å². The summed E-state index contributed by atoms with van der Waals surface area (Å²) in [4.78, 5) is 2.39. The van der Waals surface area contributed by atoms with Gasteiger partial charge < -0.3 is 9.32 Å². The Kier molecular flexibility index (Phi) is 5.06. The quantitative estimate of drug-likeness (QED) is 0.201. The van der Waals surface area contributed by atoms with Crippen molar-refractivity contribution in [1.82, 2.24) is 0 Å². The lowest BCUT2D eigenvalue weighted by atomic mass is 10.0. The van der Waals surface area contributed by atoms with Crippen LogP contribution in [0, 0.1) is 0 Å². The highest BCUT2D eigenvalue weighted by Gasteiger charge is 2.18. The van der Waals surface area contributed by atoms with E-state index in [2.05, 4.69) is 132 Å². The molecular weight excluding hydrogens is 575 g/mol. The van der Waals surface area contributed by atoms with E-state index in [1.807, 2.05) is 34.8 Å². The lowest BCUT2D eigenvalue weighted by molar-refractivity contribution is 0.669. The van der Waals surface area contributed by atoms with Gasteiger partial charge in [0.15, 0.2) is 0 Å². The van der Waals surface area contributed by atoms with Crippen LogP contribution in [-0.4, -0.2) is 0 Å². The Labute approximate surface area is 260 Å². The average Bonchev–Trinajstić information content (AvgIpc) is 3.75. The van der Waals surface area contributed by atoms with Gasteiger partial charge >= 0.3 is 0 Å². The minimum atomic E-state index is 0.903. The highest BCUT2D eigenvalue weighted by atomic mass is 32.1. The number of para-hydroxylation sites is 1. The molecule has 10 aromatic rings. The number of nitrogens with zero attached hydrogens (tertiary/aromatic N) is 1. The molecule has 0 N–H and O–H groups in total. The van der Waals surface area contributed by atoms with Gasteiger partial charge in [0, 0.05) is 68.2 Å². The van der Waals surface area contributed by atoms with E-state index in [1.165, 1.54) is 51.1 Å². The van der Waals surface area contributed by atoms with Crippen molar-refractivity contribution < 1.29 is 4.42 Å². The summed E-state index contributed by atoms with van der Waals surface area (Å²) in [6.07, 6.45) is 0. The van der Waals surface area contributed by atoms with Crippen LogP contribution in [0.25, 0.3) is 73.1 Å². The normalized spacial score (nSPS) is 12.1. The third-order valence-electron chi connectivity index (χ3n) is 8.84. The lowest BCUT2D eigenvalue weighted by Crippen LogP contribution is -2.09. The van der Waals surface area contributed by atoms with Crippen LogP contribution in [0.15, 0.2) is 144 Å². The molecule has 0 atom stereocenters. The molecule has 2 nitrogen and oxygen atoms in total. The van der Waals surface area contributed by atoms with Crippen molar-refractivity contribution in [2.45, 2.75) is 0 Å². The molecule has 44 heavy (non-hydrogen) atoms. The number of hydrogen-bond donors (Lipinski definition) is 0. The van der Waals surface area contributed by atoms with Gasteiger partial charge in [-0.3, -0.25) is 0 Å². The summed E-state index contributed by atoms with van der Waals surface area (Å²) in [7, 11) is 0. The fourth-order valence-electron chi connectivity index (χ4n) is 6.83. The van der Waals surface area contributed by atoms with E-state index in [0.29, 0.717) is 0 Å². The van der Waals surface area contributed by atoms with Gasteiger partial charge in [0.25, 0.3) is 0 Å². The third kappa shape index (κ3) is 3.53. The van der Waals surface area contributed by atoms with E-state index in [1.54, 1.807) is 0 Å². The number of fused-ring (bicyclic) bond motifs is 11. The summed E-state index contributed by atoms with van der Waals surface area (Å²) in [6.45, 7) is 0. The van der Waals surface area contributed by atoms with Crippen LogP contribution >= 0.6 is 22.7 Å². The van der Waals surface area contributed by atoms with Gasteiger partial charge in [0.05, 0.1) is 0 Å². The van der Waals surface area contributed by atoms with Gasteiger partial charge in [-0.1, -0.05) is 72.8 Å². The lowest BCUT2D eigenvalue weighted by Gasteiger charge is -2.26. The third-order valence-corrected chi connectivity index (χ3v) is 11.1. The Balaban J connectivity index is 1.22. The van der Waals surface area contributed by atoms with E-state index in [0.717, 1.165) is 39.0 Å². The molecule has 0 spiro atoms. The molecule has 0 bridgehead atoms. The molecule has 7 aromatic carbocycles. The summed E-state index contributed by atoms with van der Waals surface area (Å²) < 4.78 is 11.5. The summed E-state index contributed by atoms with van der Waals surface area (Å²) in [6, 6.07) is 50.7. The molecule has 10 rings (SSSR count). The van der Waals surface area contributed by atoms with Gasteiger partial charge in [-0.2, -0.15) is 0 Å². The second-order valence-corrected chi connectivity index (χ2v) is 13.5. The molecule has 0 saturated heterocycles. The zero-order valence-corrected chi connectivity index (χ0v) is 25.1.